The SMILES string of the molecule is CSc1cc(F)c(C2=CC(=N)[C@@H](C(C)C)CC#C2)cc1N. The lowest BCUT2D eigenvalue weighted by Crippen LogP contribution is -2.16. The van der Waals surface area contributed by atoms with E-state index in [1.54, 1.807) is 12.1 Å². The molecule has 0 saturated carbocycles. The number of anilines is 1. The zero-order valence-electron chi connectivity index (χ0n) is 12.5. The maximum Gasteiger partial charge on any atom is 0.132 e. The van der Waals surface area contributed by atoms with E-state index >= 15 is 0 Å². The minimum Gasteiger partial charge on any atom is -0.398 e. The van der Waals surface area contributed by atoms with Gasteiger partial charge in [-0.3, -0.25) is 0 Å². The lowest BCUT2D eigenvalue weighted by molar-refractivity contribution is 0.504. The molecule has 0 saturated heterocycles. The van der Waals surface area contributed by atoms with Crippen molar-refractivity contribution in [2.24, 2.45) is 11.8 Å². The van der Waals surface area contributed by atoms with Crippen LogP contribution >= 0.6 is 11.8 Å². The first-order valence-corrected chi connectivity index (χ1v) is 8.09. The first-order valence-electron chi connectivity index (χ1n) is 6.86. The average molecular weight is 302 g/mol. The van der Waals surface area contributed by atoms with Crippen molar-refractivity contribution in [1.29, 1.82) is 5.41 Å². The van der Waals surface area contributed by atoms with Crippen LogP contribution in [0.4, 0.5) is 10.1 Å². The molecule has 0 heterocycles. The summed E-state index contributed by atoms with van der Waals surface area (Å²) in [6.45, 7) is 4.15. The van der Waals surface area contributed by atoms with Gasteiger partial charge in [-0.1, -0.05) is 25.7 Å². The Hall–Kier alpha value is -1.73. The zero-order chi connectivity index (χ0) is 15.6. The predicted octanol–water partition coefficient (Wildman–Crippen LogP) is 4.21. The molecule has 1 aromatic carbocycles. The molecule has 110 valence electrons. The molecule has 0 spiro atoms. The van der Waals surface area contributed by atoms with Crippen LogP contribution in [0.25, 0.3) is 5.57 Å². The molecule has 1 aromatic rings. The molecule has 2 nitrogen and oxygen atoms in total. The van der Waals surface area contributed by atoms with E-state index < -0.39 is 0 Å². The Morgan fingerprint density at radius 3 is 2.76 bits per heavy atom. The standard InChI is InChI=1S/C17H19FN2S/c1-10(2)12-6-4-5-11(7-15(12)19)13-8-16(20)17(21-3)9-14(13)18/h7-10,12,19H,6,20H2,1-3H3/t12-/m1/s1. The van der Waals surface area contributed by atoms with E-state index in [9.17, 15) is 4.39 Å². The third kappa shape index (κ3) is 3.30. The quantitative estimate of drug-likeness (QED) is 0.499. The number of allylic oxidation sites excluding steroid dienone is 2. The van der Waals surface area contributed by atoms with E-state index in [1.807, 2.05) is 6.26 Å². The Kier molecular flexibility index (Phi) is 4.74. The molecule has 1 atom stereocenters. The Morgan fingerprint density at radius 1 is 1.43 bits per heavy atom. The summed E-state index contributed by atoms with van der Waals surface area (Å²) in [7, 11) is 0. The number of hydrogen-bond acceptors (Lipinski definition) is 3. The van der Waals surface area contributed by atoms with Crippen molar-refractivity contribution in [2.75, 3.05) is 12.0 Å². The minimum atomic E-state index is -0.343. The number of nitrogen functional groups attached to an aromatic ring is 1. The van der Waals surface area contributed by atoms with E-state index in [1.165, 1.54) is 17.8 Å². The van der Waals surface area contributed by atoms with Gasteiger partial charge in [-0.2, -0.15) is 0 Å². The van der Waals surface area contributed by atoms with Crippen LogP contribution < -0.4 is 5.73 Å². The third-order valence-corrected chi connectivity index (χ3v) is 4.45. The maximum atomic E-state index is 14.3. The fourth-order valence-corrected chi connectivity index (χ4v) is 2.88. The summed E-state index contributed by atoms with van der Waals surface area (Å²) < 4.78 is 14.3. The van der Waals surface area contributed by atoms with Crippen molar-refractivity contribution in [2.45, 2.75) is 25.2 Å². The second-order valence-corrected chi connectivity index (χ2v) is 6.29. The molecule has 3 N–H and O–H groups in total. The highest BCUT2D eigenvalue weighted by molar-refractivity contribution is 7.98. The van der Waals surface area contributed by atoms with Crippen molar-refractivity contribution in [1.82, 2.24) is 0 Å². The Balaban J connectivity index is 2.46. The number of thioether (sulfide) groups is 1. The minimum absolute atomic E-state index is 0.0980. The molecule has 0 aliphatic heterocycles. The fourth-order valence-electron chi connectivity index (χ4n) is 2.36. The van der Waals surface area contributed by atoms with Crippen molar-refractivity contribution >= 4 is 28.7 Å². The molecule has 1 aliphatic carbocycles. The zero-order valence-corrected chi connectivity index (χ0v) is 13.3. The summed E-state index contributed by atoms with van der Waals surface area (Å²) >= 11 is 1.41. The van der Waals surface area contributed by atoms with Gasteiger partial charge >= 0.3 is 0 Å². The first-order chi connectivity index (χ1) is 9.93. The van der Waals surface area contributed by atoms with Crippen LogP contribution in [-0.4, -0.2) is 12.0 Å². The molecule has 0 fully saturated rings. The normalized spacial score (nSPS) is 18.0. The van der Waals surface area contributed by atoms with Gasteiger partial charge in [0.25, 0.3) is 0 Å². The lowest BCUT2D eigenvalue weighted by atomic mass is 9.88. The van der Waals surface area contributed by atoms with Crippen LogP contribution in [0.15, 0.2) is 23.1 Å². The monoisotopic (exact) mass is 302 g/mol. The molecule has 4 heteroatoms. The molecule has 0 aromatic heterocycles. The van der Waals surface area contributed by atoms with E-state index in [0.29, 0.717) is 39.8 Å². The lowest BCUT2D eigenvalue weighted by Gasteiger charge is -2.16. The summed E-state index contributed by atoms with van der Waals surface area (Å²) in [5.41, 5.74) is 7.89. The molecule has 2 rings (SSSR count). The summed E-state index contributed by atoms with van der Waals surface area (Å²) in [5.74, 6) is 6.15. The van der Waals surface area contributed by atoms with E-state index in [0.717, 1.165) is 0 Å². The number of nitrogens with two attached hydrogens (primary N) is 1. The number of benzene rings is 1. The van der Waals surface area contributed by atoms with Crippen LogP contribution in [0.3, 0.4) is 0 Å². The summed E-state index contributed by atoms with van der Waals surface area (Å²) in [6, 6.07) is 3.05. The van der Waals surface area contributed by atoms with Crippen molar-refractivity contribution in [3.63, 3.8) is 0 Å². The molecule has 0 amide bonds. The fraction of sp³-hybridized carbons (Fsp3) is 0.353. The van der Waals surface area contributed by atoms with Gasteiger partial charge in [-0.25, -0.2) is 4.39 Å². The Labute approximate surface area is 129 Å². The smallest absolute Gasteiger partial charge is 0.132 e. The van der Waals surface area contributed by atoms with Gasteiger partial charge in [0.1, 0.15) is 5.82 Å². The highest BCUT2D eigenvalue weighted by Crippen LogP contribution is 2.30. The van der Waals surface area contributed by atoms with Crippen LogP contribution in [0.1, 0.15) is 25.8 Å². The van der Waals surface area contributed by atoms with Crippen LogP contribution in [0, 0.1) is 34.9 Å². The van der Waals surface area contributed by atoms with Gasteiger partial charge < -0.3 is 11.1 Å². The van der Waals surface area contributed by atoms with Crippen molar-refractivity contribution in [3.8, 4) is 11.8 Å². The maximum absolute atomic E-state index is 14.3. The van der Waals surface area contributed by atoms with Crippen molar-refractivity contribution in [3.05, 3.63) is 29.6 Å². The topological polar surface area (TPSA) is 49.9 Å². The Bertz CT molecular complexity index is 665. The van der Waals surface area contributed by atoms with Gasteiger partial charge in [0.15, 0.2) is 0 Å². The van der Waals surface area contributed by atoms with Gasteiger partial charge in [-0.05, 0) is 30.4 Å². The average Bonchev–Trinajstić information content (AvgIpc) is 2.62. The highest BCUT2D eigenvalue weighted by Gasteiger charge is 2.20. The molecule has 1 aliphatic rings. The largest absolute Gasteiger partial charge is 0.398 e. The molecule has 0 bridgehead atoms. The number of hydrogen-bond donors (Lipinski definition) is 2. The van der Waals surface area contributed by atoms with E-state index in [4.69, 9.17) is 11.1 Å². The summed E-state index contributed by atoms with van der Waals surface area (Å²) in [4.78, 5) is 0.716. The van der Waals surface area contributed by atoms with Crippen LogP contribution in [-0.2, 0) is 0 Å². The van der Waals surface area contributed by atoms with Crippen LogP contribution in [0.5, 0.6) is 0 Å². The molecular formula is C17H19FN2S. The second-order valence-electron chi connectivity index (χ2n) is 5.44. The van der Waals surface area contributed by atoms with Gasteiger partial charge in [0.2, 0.25) is 0 Å². The molecule has 0 radical (unpaired) electrons. The van der Waals surface area contributed by atoms with Crippen molar-refractivity contribution < 1.29 is 4.39 Å². The summed E-state index contributed by atoms with van der Waals surface area (Å²) in [5, 5.41) is 8.18. The first kappa shape index (κ1) is 15.7. The van der Waals surface area contributed by atoms with Crippen LogP contribution in [0.2, 0.25) is 0 Å². The number of halogens is 1. The van der Waals surface area contributed by atoms with Gasteiger partial charge in [-0.15, -0.1) is 11.8 Å². The highest BCUT2D eigenvalue weighted by atomic mass is 32.2. The Morgan fingerprint density at radius 2 is 2.14 bits per heavy atom. The van der Waals surface area contributed by atoms with Gasteiger partial charge in [0.05, 0.1) is 0 Å². The van der Waals surface area contributed by atoms with E-state index in [2.05, 4.69) is 25.7 Å². The van der Waals surface area contributed by atoms with E-state index in [-0.39, 0.29) is 11.7 Å². The molecular weight excluding hydrogens is 283 g/mol. The molecule has 0 unspecified atom stereocenters. The summed E-state index contributed by atoms with van der Waals surface area (Å²) in [6.07, 6.45) is 4.18. The predicted molar refractivity (Wildman–Crippen MR) is 89.0 cm³/mol. The number of nitrogens with one attached hydrogen (secondary N) is 1. The molecule has 21 heavy (non-hydrogen) atoms. The van der Waals surface area contributed by atoms with Gasteiger partial charge in [0, 0.05) is 39.8 Å². The second kappa shape index (κ2) is 6.36. The third-order valence-electron chi connectivity index (χ3n) is 3.66. The number of rotatable bonds is 3.